The summed E-state index contributed by atoms with van der Waals surface area (Å²) in [5.74, 6) is -1.31. The Morgan fingerprint density at radius 3 is 2.73 bits per heavy atom. The number of esters is 1. The van der Waals surface area contributed by atoms with Crippen LogP contribution in [0.15, 0.2) is 30.7 Å². The zero-order chi connectivity index (χ0) is 16.1. The van der Waals surface area contributed by atoms with E-state index < -0.39 is 18.5 Å². The van der Waals surface area contributed by atoms with Gasteiger partial charge in [-0.15, -0.1) is 0 Å². The van der Waals surface area contributed by atoms with Gasteiger partial charge >= 0.3 is 5.97 Å². The molecule has 1 aromatic carbocycles. The van der Waals surface area contributed by atoms with E-state index in [1.807, 2.05) is 0 Å². The third-order valence-electron chi connectivity index (χ3n) is 2.66. The van der Waals surface area contributed by atoms with Gasteiger partial charge < -0.3 is 10.1 Å². The monoisotopic (exact) mass is 339 g/mol. The highest BCUT2D eigenvalue weighted by Crippen LogP contribution is 2.32. The van der Waals surface area contributed by atoms with E-state index in [1.54, 1.807) is 19.1 Å². The number of anilines is 1. The zero-order valence-corrected chi connectivity index (χ0v) is 13.0. The molecule has 0 aliphatic rings. The Balaban J connectivity index is 1.97. The Morgan fingerprint density at radius 1 is 1.27 bits per heavy atom. The van der Waals surface area contributed by atoms with Gasteiger partial charge in [0.15, 0.2) is 12.3 Å². The summed E-state index contributed by atoms with van der Waals surface area (Å²) >= 11 is 12.1. The molecule has 0 saturated carbocycles. The third kappa shape index (κ3) is 3.93. The van der Waals surface area contributed by atoms with Crippen LogP contribution in [-0.2, 0) is 9.53 Å². The van der Waals surface area contributed by atoms with Gasteiger partial charge in [0.1, 0.15) is 0 Å². The first kappa shape index (κ1) is 16.2. The maximum Gasteiger partial charge on any atom is 0.359 e. The van der Waals surface area contributed by atoms with Crippen LogP contribution in [-0.4, -0.2) is 28.5 Å². The minimum atomic E-state index is -0.746. The van der Waals surface area contributed by atoms with Crippen LogP contribution < -0.4 is 5.32 Å². The number of nitrogens with one attached hydrogen (secondary N) is 1. The van der Waals surface area contributed by atoms with Crippen molar-refractivity contribution in [1.82, 2.24) is 9.97 Å². The van der Waals surface area contributed by atoms with E-state index in [2.05, 4.69) is 15.3 Å². The van der Waals surface area contributed by atoms with Crippen LogP contribution in [0.5, 0.6) is 0 Å². The second-order valence-corrected chi connectivity index (χ2v) is 5.05. The highest BCUT2D eigenvalue weighted by molar-refractivity contribution is 6.40. The molecule has 0 bridgehead atoms. The van der Waals surface area contributed by atoms with Crippen molar-refractivity contribution >= 4 is 40.8 Å². The van der Waals surface area contributed by atoms with Gasteiger partial charge in [-0.1, -0.05) is 29.3 Å². The molecule has 22 heavy (non-hydrogen) atoms. The summed E-state index contributed by atoms with van der Waals surface area (Å²) in [4.78, 5) is 31.0. The van der Waals surface area contributed by atoms with Crippen molar-refractivity contribution in [3.63, 3.8) is 0 Å². The van der Waals surface area contributed by atoms with E-state index in [0.717, 1.165) is 5.56 Å². The molecular formula is C14H11Cl2N3O3. The molecule has 1 aromatic heterocycles. The fourth-order valence-corrected chi connectivity index (χ4v) is 2.02. The number of hydrogen-bond donors (Lipinski definition) is 1. The molecule has 0 aliphatic heterocycles. The fraction of sp³-hybridized carbons (Fsp3) is 0.143. The number of aryl methyl sites for hydroxylation is 1. The molecule has 1 heterocycles. The summed E-state index contributed by atoms with van der Waals surface area (Å²) in [6.45, 7) is 1.29. The van der Waals surface area contributed by atoms with Crippen molar-refractivity contribution < 1.29 is 14.3 Å². The highest BCUT2D eigenvalue weighted by atomic mass is 35.5. The molecule has 0 saturated heterocycles. The first-order valence-corrected chi connectivity index (χ1v) is 6.92. The van der Waals surface area contributed by atoms with Crippen molar-refractivity contribution in [3.05, 3.63) is 52.0 Å². The Morgan fingerprint density at radius 2 is 2.05 bits per heavy atom. The zero-order valence-electron chi connectivity index (χ0n) is 11.5. The SMILES string of the molecule is Cc1ccc(Cl)c(NC(=O)COC(=O)c2cnccn2)c1Cl. The molecule has 0 aliphatic carbocycles. The molecule has 1 N–H and O–H groups in total. The number of nitrogens with zero attached hydrogens (tertiary/aromatic N) is 2. The maximum absolute atomic E-state index is 11.8. The van der Waals surface area contributed by atoms with Crippen LogP contribution in [0.25, 0.3) is 0 Å². The van der Waals surface area contributed by atoms with Crippen LogP contribution in [0.4, 0.5) is 5.69 Å². The predicted molar refractivity (Wildman–Crippen MR) is 82.1 cm³/mol. The lowest BCUT2D eigenvalue weighted by Crippen LogP contribution is -2.21. The van der Waals surface area contributed by atoms with Gasteiger partial charge in [-0.3, -0.25) is 9.78 Å². The van der Waals surface area contributed by atoms with Crippen LogP contribution in [0.1, 0.15) is 16.1 Å². The van der Waals surface area contributed by atoms with Crippen LogP contribution in [0, 0.1) is 6.92 Å². The molecule has 6 nitrogen and oxygen atoms in total. The summed E-state index contributed by atoms with van der Waals surface area (Å²) in [5, 5.41) is 3.14. The van der Waals surface area contributed by atoms with Crippen molar-refractivity contribution in [3.8, 4) is 0 Å². The Hall–Kier alpha value is -2.18. The van der Waals surface area contributed by atoms with Gasteiger partial charge in [-0.25, -0.2) is 9.78 Å². The molecule has 0 atom stereocenters. The van der Waals surface area contributed by atoms with Crippen molar-refractivity contribution in [1.29, 1.82) is 0 Å². The summed E-state index contributed by atoms with van der Waals surface area (Å²) in [5.41, 5.74) is 1.06. The maximum atomic E-state index is 11.8. The average molecular weight is 340 g/mol. The van der Waals surface area contributed by atoms with Gasteiger partial charge in [-0.05, 0) is 18.6 Å². The molecule has 0 spiro atoms. The van der Waals surface area contributed by atoms with Crippen molar-refractivity contribution in [2.75, 3.05) is 11.9 Å². The van der Waals surface area contributed by atoms with E-state index in [-0.39, 0.29) is 11.4 Å². The largest absolute Gasteiger partial charge is 0.451 e. The quantitative estimate of drug-likeness (QED) is 0.866. The smallest absolute Gasteiger partial charge is 0.359 e. The summed E-state index contributed by atoms with van der Waals surface area (Å²) < 4.78 is 4.83. The van der Waals surface area contributed by atoms with Crippen LogP contribution in [0.3, 0.4) is 0 Å². The summed E-state index contributed by atoms with van der Waals surface area (Å²) in [7, 11) is 0. The van der Waals surface area contributed by atoms with Gasteiger partial charge in [0.2, 0.25) is 0 Å². The number of carbonyl (C=O) groups excluding carboxylic acids is 2. The summed E-state index contributed by atoms with van der Waals surface area (Å²) in [6, 6.07) is 3.35. The lowest BCUT2D eigenvalue weighted by Gasteiger charge is -2.11. The molecular weight excluding hydrogens is 329 g/mol. The molecule has 1 amide bonds. The number of ether oxygens (including phenoxy) is 1. The third-order valence-corrected chi connectivity index (χ3v) is 3.46. The van der Waals surface area contributed by atoms with E-state index in [4.69, 9.17) is 27.9 Å². The number of aromatic nitrogens is 2. The first-order valence-electron chi connectivity index (χ1n) is 6.16. The second-order valence-electron chi connectivity index (χ2n) is 4.27. The number of amides is 1. The minimum absolute atomic E-state index is 0.0157. The van der Waals surface area contributed by atoms with Crippen LogP contribution >= 0.6 is 23.2 Å². The van der Waals surface area contributed by atoms with Gasteiger partial charge in [-0.2, -0.15) is 0 Å². The van der Waals surface area contributed by atoms with E-state index >= 15 is 0 Å². The van der Waals surface area contributed by atoms with E-state index in [0.29, 0.717) is 10.0 Å². The van der Waals surface area contributed by atoms with E-state index in [9.17, 15) is 9.59 Å². The average Bonchev–Trinajstić information content (AvgIpc) is 2.53. The number of rotatable bonds is 4. The number of benzene rings is 1. The van der Waals surface area contributed by atoms with Gasteiger partial charge in [0.25, 0.3) is 5.91 Å². The Labute approximate surface area is 136 Å². The molecule has 114 valence electrons. The topological polar surface area (TPSA) is 81.2 Å². The molecule has 2 rings (SSSR count). The molecule has 2 aromatic rings. The summed E-state index contributed by atoms with van der Waals surface area (Å²) in [6.07, 6.45) is 4.02. The Bertz CT molecular complexity index is 708. The molecule has 0 unspecified atom stereocenters. The van der Waals surface area contributed by atoms with Crippen molar-refractivity contribution in [2.45, 2.75) is 6.92 Å². The number of halogens is 2. The van der Waals surface area contributed by atoms with Crippen molar-refractivity contribution in [2.24, 2.45) is 0 Å². The first-order chi connectivity index (χ1) is 10.5. The lowest BCUT2D eigenvalue weighted by atomic mass is 10.2. The predicted octanol–water partition coefficient (Wildman–Crippen LogP) is 2.89. The number of carbonyl (C=O) groups is 2. The Kier molecular flexibility index (Phi) is 5.30. The highest BCUT2D eigenvalue weighted by Gasteiger charge is 2.15. The van der Waals surface area contributed by atoms with Crippen LogP contribution in [0.2, 0.25) is 10.0 Å². The number of hydrogen-bond acceptors (Lipinski definition) is 5. The standard InChI is InChI=1S/C14H11Cl2N3O3/c1-8-2-3-9(15)13(12(8)16)19-11(20)7-22-14(21)10-6-17-4-5-18-10/h2-6H,7H2,1H3,(H,19,20). The normalized spacial score (nSPS) is 10.1. The van der Waals surface area contributed by atoms with E-state index in [1.165, 1.54) is 18.6 Å². The molecule has 0 radical (unpaired) electrons. The lowest BCUT2D eigenvalue weighted by molar-refractivity contribution is -0.119. The van der Waals surface area contributed by atoms with Gasteiger partial charge in [0.05, 0.1) is 21.9 Å². The second kappa shape index (κ2) is 7.20. The molecule has 0 fully saturated rings. The van der Waals surface area contributed by atoms with Gasteiger partial charge in [0, 0.05) is 12.4 Å². The molecule has 8 heteroatoms. The minimum Gasteiger partial charge on any atom is -0.451 e. The fourth-order valence-electron chi connectivity index (χ4n) is 1.56.